The van der Waals surface area contributed by atoms with Crippen molar-refractivity contribution in [1.29, 1.82) is 0 Å². The van der Waals surface area contributed by atoms with Crippen molar-refractivity contribution in [2.24, 2.45) is 0 Å². The van der Waals surface area contributed by atoms with Crippen molar-refractivity contribution in [1.82, 2.24) is 25.8 Å². The summed E-state index contributed by atoms with van der Waals surface area (Å²) in [6.45, 7) is 0. The number of fused-ring (bicyclic) bond motifs is 1. The molecule has 4 rings (SSSR count). The van der Waals surface area contributed by atoms with Crippen LogP contribution in [0.3, 0.4) is 0 Å². The molecule has 0 unspecified atom stereocenters. The van der Waals surface area contributed by atoms with E-state index in [9.17, 15) is 4.79 Å². The summed E-state index contributed by atoms with van der Waals surface area (Å²) in [5.74, 6) is -0.163. The number of nitrogen functional groups attached to an aromatic ring is 1. The number of hydrogen-bond donors (Lipinski definition) is 3. The van der Waals surface area contributed by atoms with Crippen molar-refractivity contribution in [2.45, 2.75) is 0 Å². The zero-order chi connectivity index (χ0) is 17.4. The molecule has 0 spiro atoms. The number of carbonyl (C=O) groups is 1. The van der Waals surface area contributed by atoms with E-state index in [2.05, 4.69) is 31.1 Å². The highest BCUT2D eigenvalue weighted by molar-refractivity contribution is 6.31. The van der Waals surface area contributed by atoms with Gasteiger partial charge < -0.3 is 15.6 Å². The van der Waals surface area contributed by atoms with E-state index < -0.39 is 5.91 Å². The number of nitrogens with one attached hydrogen (secondary N) is 2. The van der Waals surface area contributed by atoms with Gasteiger partial charge in [-0.25, -0.2) is 0 Å². The van der Waals surface area contributed by atoms with Crippen molar-refractivity contribution in [3.05, 3.63) is 47.1 Å². The third-order valence-corrected chi connectivity index (χ3v) is 3.76. The summed E-state index contributed by atoms with van der Waals surface area (Å²) >= 11 is 6.03. The van der Waals surface area contributed by atoms with E-state index in [1.807, 2.05) is 0 Å². The molecule has 4 N–H and O–H groups in total. The second kappa shape index (κ2) is 5.87. The number of H-pyrrole nitrogens is 1. The van der Waals surface area contributed by atoms with Crippen molar-refractivity contribution >= 4 is 39.9 Å². The minimum atomic E-state index is -0.462. The summed E-state index contributed by atoms with van der Waals surface area (Å²) in [5, 5.41) is 21.3. The van der Waals surface area contributed by atoms with Crippen molar-refractivity contribution in [2.75, 3.05) is 11.1 Å². The molecule has 0 aliphatic carbocycles. The number of nitrogens with zero attached hydrogens (tertiary/aromatic N) is 4. The first kappa shape index (κ1) is 15.1. The number of anilines is 2. The van der Waals surface area contributed by atoms with Crippen LogP contribution in [0.15, 0.2) is 40.9 Å². The minimum absolute atomic E-state index is 0.122. The Labute approximate surface area is 145 Å². The maximum Gasteiger partial charge on any atom is 0.278 e. The smallest absolute Gasteiger partial charge is 0.278 e. The fourth-order valence-electron chi connectivity index (χ4n) is 2.39. The normalized spacial score (nSPS) is 10.9. The standard InChI is InChI=1S/C15H10ClN7O2/c16-7-1-3-11(9(5-7)14-19-22-23-20-14)18-15(24)13-10-6-8(17)2-4-12(10)25-21-13/h1-6H,17H2,(H,18,24)(H,19,20,22,23). The van der Waals surface area contributed by atoms with E-state index in [4.69, 9.17) is 21.9 Å². The van der Waals surface area contributed by atoms with E-state index in [-0.39, 0.29) is 5.69 Å². The van der Waals surface area contributed by atoms with E-state index in [0.717, 1.165) is 0 Å². The molecule has 4 aromatic rings. The first-order valence-corrected chi connectivity index (χ1v) is 7.49. The van der Waals surface area contributed by atoms with Gasteiger partial charge in [0, 0.05) is 16.3 Å². The van der Waals surface area contributed by atoms with Crippen molar-refractivity contribution in [3.63, 3.8) is 0 Å². The summed E-state index contributed by atoms with van der Waals surface area (Å²) in [6.07, 6.45) is 0. The van der Waals surface area contributed by atoms with Gasteiger partial charge in [-0.1, -0.05) is 16.8 Å². The molecular weight excluding hydrogens is 346 g/mol. The van der Waals surface area contributed by atoms with Gasteiger partial charge in [-0.05, 0) is 41.6 Å². The average Bonchev–Trinajstić information content (AvgIpc) is 3.25. The molecule has 0 aliphatic heterocycles. The lowest BCUT2D eigenvalue weighted by molar-refractivity contribution is 0.102. The second-order valence-electron chi connectivity index (χ2n) is 5.17. The molecule has 0 saturated carbocycles. The van der Waals surface area contributed by atoms with Crippen molar-refractivity contribution in [3.8, 4) is 11.4 Å². The Morgan fingerprint density at radius 3 is 2.92 bits per heavy atom. The maximum atomic E-state index is 12.6. The predicted molar refractivity (Wildman–Crippen MR) is 91.0 cm³/mol. The molecule has 0 aliphatic rings. The molecular formula is C15H10ClN7O2. The van der Waals surface area contributed by atoms with Gasteiger partial charge in [0.05, 0.1) is 11.1 Å². The molecule has 2 heterocycles. The summed E-state index contributed by atoms with van der Waals surface area (Å²) in [6, 6.07) is 9.86. The number of carbonyl (C=O) groups excluding carboxylic acids is 1. The molecule has 10 heteroatoms. The summed E-state index contributed by atoms with van der Waals surface area (Å²) < 4.78 is 5.16. The summed E-state index contributed by atoms with van der Waals surface area (Å²) in [7, 11) is 0. The van der Waals surface area contributed by atoms with E-state index in [0.29, 0.717) is 38.8 Å². The zero-order valence-corrected chi connectivity index (χ0v) is 13.3. The number of aromatic nitrogens is 5. The number of tetrazole rings is 1. The molecule has 1 amide bonds. The minimum Gasteiger partial charge on any atom is -0.399 e. The number of hydrogen-bond acceptors (Lipinski definition) is 7. The largest absolute Gasteiger partial charge is 0.399 e. The molecule has 0 atom stereocenters. The van der Waals surface area contributed by atoms with E-state index in [1.165, 1.54) is 0 Å². The Bertz CT molecular complexity index is 1070. The fourth-order valence-corrected chi connectivity index (χ4v) is 2.56. The lowest BCUT2D eigenvalue weighted by atomic mass is 10.1. The van der Waals surface area contributed by atoms with Crippen LogP contribution >= 0.6 is 11.6 Å². The zero-order valence-electron chi connectivity index (χ0n) is 12.5. The van der Waals surface area contributed by atoms with Crippen LogP contribution in [0.2, 0.25) is 5.02 Å². The number of nitrogens with two attached hydrogens (primary N) is 1. The van der Waals surface area contributed by atoms with Gasteiger partial charge in [0.25, 0.3) is 5.91 Å². The first-order valence-electron chi connectivity index (χ1n) is 7.11. The molecule has 0 saturated heterocycles. The van der Waals surface area contributed by atoms with Crippen LogP contribution in [0.1, 0.15) is 10.5 Å². The number of amides is 1. The first-order chi connectivity index (χ1) is 12.1. The Balaban J connectivity index is 1.73. The summed E-state index contributed by atoms with van der Waals surface area (Å²) in [5.41, 5.74) is 7.83. The molecule has 25 heavy (non-hydrogen) atoms. The third-order valence-electron chi connectivity index (χ3n) is 3.53. The molecule has 0 bridgehead atoms. The van der Waals surface area contributed by atoms with Crippen LogP contribution in [0, 0.1) is 0 Å². The Hall–Kier alpha value is -3.46. The van der Waals surface area contributed by atoms with Gasteiger partial charge in [-0.2, -0.15) is 5.21 Å². The van der Waals surface area contributed by atoms with Gasteiger partial charge in [-0.3, -0.25) is 4.79 Å². The van der Waals surface area contributed by atoms with Crippen LogP contribution in [-0.2, 0) is 0 Å². The average molecular weight is 356 g/mol. The van der Waals surface area contributed by atoms with Gasteiger partial charge in [0.15, 0.2) is 11.3 Å². The summed E-state index contributed by atoms with van der Waals surface area (Å²) in [4.78, 5) is 12.6. The fraction of sp³-hybridized carbons (Fsp3) is 0. The highest BCUT2D eigenvalue weighted by Gasteiger charge is 2.19. The number of rotatable bonds is 3. The van der Waals surface area contributed by atoms with Crippen LogP contribution in [0.5, 0.6) is 0 Å². The molecule has 0 radical (unpaired) electrons. The van der Waals surface area contributed by atoms with Crippen LogP contribution in [-0.4, -0.2) is 31.7 Å². The number of benzene rings is 2. The van der Waals surface area contributed by atoms with E-state index >= 15 is 0 Å². The third kappa shape index (κ3) is 2.76. The van der Waals surface area contributed by atoms with Crippen LogP contribution in [0.4, 0.5) is 11.4 Å². The van der Waals surface area contributed by atoms with Crippen molar-refractivity contribution < 1.29 is 9.32 Å². The van der Waals surface area contributed by atoms with Crippen LogP contribution < -0.4 is 11.1 Å². The Morgan fingerprint density at radius 1 is 1.24 bits per heavy atom. The molecule has 124 valence electrons. The highest BCUT2D eigenvalue weighted by Crippen LogP contribution is 2.29. The predicted octanol–water partition coefficient (Wildman–Crippen LogP) is 2.50. The topological polar surface area (TPSA) is 136 Å². The number of aromatic amines is 1. The van der Waals surface area contributed by atoms with Gasteiger partial charge >= 0.3 is 0 Å². The Morgan fingerprint density at radius 2 is 2.12 bits per heavy atom. The molecule has 2 aromatic carbocycles. The van der Waals surface area contributed by atoms with E-state index in [1.54, 1.807) is 36.4 Å². The quantitative estimate of drug-likeness (QED) is 0.480. The molecule has 2 aromatic heterocycles. The lowest BCUT2D eigenvalue weighted by Crippen LogP contribution is -2.13. The maximum absolute atomic E-state index is 12.6. The van der Waals surface area contributed by atoms with Gasteiger partial charge in [0.1, 0.15) is 0 Å². The number of halogens is 1. The molecule has 9 nitrogen and oxygen atoms in total. The van der Waals surface area contributed by atoms with Gasteiger partial charge in [0.2, 0.25) is 5.82 Å². The SMILES string of the molecule is Nc1ccc2onc(C(=O)Nc3ccc(Cl)cc3-c3nn[nH]n3)c2c1. The second-order valence-corrected chi connectivity index (χ2v) is 5.60. The van der Waals surface area contributed by atoms with Gasteiger partial charge in [-0.15, -0.1) is 10.2 Å². The molecule has 0 fully saturated rings. The van der Waals surface area contributed by atoms with Crippen LogP contribution in [0.25, 0.3) is 22.4 Å². The lowest BCUT2D eigenvalue weighted by Gasteiger charge is -2.08. The monoisotopic (exact) mass is 355 g/mol. The highest BCUT2D eigenvalue weighted by atomic mass is 35.5. The Kier molecular flexibility index (Phi) is 3.55.